The smallest absolute Gasteiger partial charge is 0.566 e. The zero-order valence-electron chi connectivity index (χ0n) is 6.17. The molecule has 9 heavy (non-hydrogen) atoms. The van der Waals surface area contributed by atoms with E-state index in [1.807, 2.05) is 0 Å². The molecule has 0 amide bonds. The molecule has 0 aliphatic heterocycles. The Balaban J connectivity index is 0. The topological polar surface area (TPSA) is 49.4 Å². The third-order valence-electron chi connectivity index (χ3n) is 0.348. The maximum Gasteiger partial charge on any atom is 1.00 e. The van der Waals surface area contributed by atoms with Crippen LogP contribution in [0.5, 0.6) is 0 Å². The molecule has 0 radical (unpaired) electrons. The summed E-state index contributed by atoms with van der Waals surface area (Å²) in [6.45, 7) is 5.04. The Morgan fingerprint density at radius 2 is 1.78 bits per heavy atom. The summed E-state index contributed by atoms with van der Waals surface area (Å²) in [5.74, 6) is 0. The fourth-order valence-corrected chi connectivity index (χ4v) is 0.671. The fraction of sp³-hybridized carbons (Fsp3) is 1.00. The predicted molar refractivity (Wildman–Crippen MR) is 28.4 cm³/mol. The second kappa shape index (κ2) is 5.33. The first-order valence-corrected chi connectivity index (χ1v) is 3.35. The van der Waals surface area contributed by atoms with Crippen LogP contribution in [0.1, 0.15) is 20.8 Å². The van der Waals surface area contributed by atoms with Crippen molar-refractivity contribution >= 4 is 8.25 Å². The molecule has 0 saturated heterocycles. The largest absolute Gasteiger partial charge is 1.00 e. The van der Waals surface area contributed by atoms with E-state index < -0.39 is 13.9 Å². The van der Waals surface area contributed by atoms with Crippen LogP contribution in [-0.2, 0) is 9.09 Å². The molecule has 0 N–H and O–H groups in total. The van der Waals surface area contributed by atoms with Gasteiger partial charge in [-0.1, -0.05) is 0 Å². The third-order valence-corrected chi connectivity index (χ3v) is 1.05. The molecular weight excluding hydrogens is 166 g/mol. The zero-order chi connectivity index (χ0) is 6.78. The van der Waals surface area contributed by atoms with Crippen LogP contribution in [0.25, 0.3) is 0 Å². The van der Waals surface area contributed by atoms with Crippen LogP contribution >= 0.6 is 8.25 Å². The van der Waals surface area contributed by atoms with E-state index in [1.54, 1.807) is 20.8 Å². The van der Waals surface area contributed by atoms with E-state index >= 15 is 0 Å². The maximum absolute atomic E-state index is 9.83. The van der Waals surface area contributed by atoms with Gasteiger partial charge in [0.2, 0.25) is 0 Å². The van der Waals surface area contributed by atoms with Crippen molar-refractivity contribution in [1.29, 1.82) is 0 Å². The molecule has 0 bridgehead atoms. The van der Waals surface area contributed by atoms with Gasteiger partial charge in [-0.3, -0.25) is 0 Å². The Hall–Kier alpha value is 1.66. The molecule has 0 heterocycles. The summed E-state index contributed by atoms with van der Waals surface area (Å²) in [6.07, 6.45) is 0. The molecule has 0 fully saturated rings. The van der Waals surface area contributed by atoms with Gasteiger partial charge in [-0.15, -0.1) is 4.52 Å². The van der Waals surface area contributed by atoms with Crippen molar-refractivity contribution in [3.8, 4) is 0 Å². The first kappa shape index (κ1) is 13.3. The van der Waals surface area contributed by atoms with Crippen LogP contribution in [0.2, 0.25) is 0 Å². The second-order valence-corrected chi connectivity index (χ2v) is 3.06. The van der Waals surface area contributed by atoms with Crippen molar-refractivity contribution in [2.75, 3.05) is 0 Å². The van der Waals surface area contributed by atoms with E-state index in [0.29, 0.717) is 0 Å². The average Bonchev–Trinajstić information content (AvgIpc) is 1.21. The quantitative estimate of drug-likeness (QED) is 0.336. The standard InChI is InChI=1S/C4H9O3P.K/c1-4(2,3)7-8(5)6;/h1-3H3;/q;+1. The van der Waals surface area contributed by atoms with E-state index in [1.165, 1.54) is 0 Å². The van der Waals surface area contributed by atoms with E-state index in [9.17, 15) is 9.46 Å². The number of hydrogen-bond donors (Lipinski definition) is 0. The SMILES string of the molecule is CC(C)(C)O[P+](=O)[O-].[K+]. The molecule has 1 atom stereocenters. The van der Waals surface area contributed by atoms with Crippen LogP contribution in [0.4, 0.5) is 0 Å². The summed E-state index contributed by atoms with van der Waals surface area (Å²) >= 11 is 0. The van der Waals surface area contributed by atoms with E-state index in [-0.39, 0.29) is 51.4 Å². The maximum atomic E-state index is 9.83. The van der Waals surface area contributed by atoms with E-state index in [0.717, 1.165) is 0 Å². The second-order valence-electron chi connectivity index (χ2n) is 2.43. The molecule has 0 spiro atoms. The van der Waals surface area contributed by atoms with Crippen molar-refractivity contribution in [3.63, 3.8) is 0 Å². The summed E-state index contributed by atoms with van der Waals surface area (Å²) in [7, 11) is -2.69. The monoisotopic (exact) mass is 175 g/mol. The summed E-state index contributed by atoms with van der Waals surface area (Å²) in [4.78, 5) is 9.83. The van der Waals surface area contributed by atoms with E-state index in [2.05, 4.69) is 4.52 Å². The van der Waals surface area contributed by atoms with Crippen molar-refractivity contribution in [1.82, 2.24) is 0 Å². The normalized spacial score (nSPS) is 12.2. The Bertz CT molecular complexity index is 98.5. The molecule has 0 aliphatic rings. The van der Waals surface area contributed by atoms with Gasteiger partial charge < -0.3 is 4.89 Å². The van der Waals surface area contributed by atoms with Crippen molar-refractivity contribution in [3.05, 3.63) is 0 Å². The Morgan fingerprint density at radius 1 is 1.44 bits per heavy atom. The molecule has 0 aromatic heterocycles. The first-order valence-electron chi connectivity index (χ1n) is 2.25. The molecule has 48 valence electrons. The van der Waals surface area contributed by atoms with E-state index in [4.69, 9.17) is 0 Å². The number of rotatable bonds is 1. The van der Waals surface area contributed by atoms with Gasteiger partial charge in [0.1, 0.15) is 5.60 Å². The van der Waals surface area contributed by atoms with Gasteiger partial charge in [-0.05, 0) is 25.3 Å². The third kappa shape index (κ3) is 12.8. The van der Waals surface area contributed by atoms with Gasteiger partial charge in [-0.2, -0.15) is 0 Å². The molecule has 3 nitrogen and oxygen atoms in total. The van der Waals surface area contributed by atoms with Gasteiger partial charge in [-0.25, -0.2) is 0 Å². The Labute approximate surface area is 98.5 Å². The number of hydrogen-bond acceptors (Lipinski definition) is 3. The van der Waals surface area contributed by atoms with Crippen LogP contribution in [-0.4, -0.2) is 5.60 Å². The average molecular weight is 175 g/mol. The van der Waals surface area contributed by atoms with Crippen LogP contribution in [0.15, 0.2) is 0 Å². The minimum absolute atomic E-state index is 0. The predicted octanol–water partition coefficient (Wildman–Crippen LogP) is -2.18. The summed E-state index contributed by atoms with van der Waals surface area (Å²) < 4.78 is 14.2. The van der Waals surface area contributed by atoms with Gasteiger partial charge in [0.05, 0.1) is 0 Å². The van der Waals surface area contributed by atoms with Crippen LogP contribution in [0, 0.1) is 0 Å². The van der Waals surface area contributed by atoms with Crippen molar-refractivity contribution < 1.29 is 65.4 Å². The van der Waals surface area contributed by atoms with Gasteiger partial charge in [0, 0.05) is 0 Å². The van der Waals surface area contributed by atoms with Crippen molar-refractivity contribution in [2.45, 2.75) is 26.4 Å². The molecular formula is C4H9KO3P+. The molecule has 0 aliphatic carbocycles. The van der Waals surface area contributed by atoms with Gasteiger partial charge in [0.15, 0.2) is 0 Å². The van der Waals surface area contributed by atoms with Gasteiger partial charge in [0.25, 0.3) is 0 Å². The first-order chi connectivity index (χ1) is 3.42. The van der Waals surface area contributed by atoms with Gasteiger partial charge >= 0.3 is 59.6 Å². The van der Waals surface area contributed by atoms with Crippen LogP contribution in [0.3, 0.4) is 0 Å². The molecule has 0 aromatic carbocycles. The van der Waals surface area contributed by atoms with Crippen LogP contribution < -0.4 is 56.3 Å². The molecule has 5 heteroatoms. The fourth-order valence-electron chi connectivity index (χ4n) is 0.224. The van der Waals surface area contributed by atoms with Crippen molar-refractivity contribution in [2.24, 2.45) is 0 Å². The molecule has 0 rings (SSSR count). The summed E-state index contributed by atoms with van der Waals surface area (Å²) in [5.41, 5.74) is -0.574. The minimum atomic E-state index is -2.69. The Morgan fingerprint density at radius 3 is 1.78 bits per heavy atom. The summed E-state index contributed by atoms with van der Waals surface area (Å²) in [5, 5.41) is 0. The molecule has 1 unspecified atom stereocenters. The molecule has 0 saturated carbocycles. The Kier molecular flexibility index (Phi) is 7.85. The molecule has 0 aromatic rings. The zero-order valence-corrected chi connectivity index (χ0v) is 10.2. The minimum Gasteiger partial charge on any atom is -0.566 e. The summed E-state index contributed by atoms with van der Waals surface area (Å²) in [6, 6.07) is 0.